The highest BCUT2D eigenvalue weighted by Gasteiger charge is 2.30. The lowest BCUT2D eigenvalue weighted by Crippen LogP contribution is -2.37. The van der Waals surface area contributed by atoms with Gasteiger partial charge >= 0.3 is 5.97 Å². The van der Waals surface area contributed by atoms with Gasteiger partial charge < -0.3 is 10.5 Å². The standard InChI is InChI=1S/C12H16F2N2O4S/c1-3-6-16(7-10(17)20-2)21(18,19)9-5-4-8(13)12(15)11(9)14/h4-5H,3,6-7,15H2,1-2H3. The Morgan fingerprint density at radius 3 is 2.52 bits per heavy atom. The number of anilines is 1. The molecule has 1 rings (SSSR count). The first-order valence-corrected chi connectivity index (χ1v) is 7.50. The molecule has 21 heavy (non-hydrogen) atoms. The van der Waals surface area contributed by atoms with Crippen molar-refractivity contribution in [3.05, 3.63) is 23.8 Å². The summed E-state index contributed by atoms with van der Waals surface area (Å²) < 4.78 is 56.9. The molecule has 1 aromatic rings. The van der Waals surface area contributed by atoms with E-state index in [0.29, 0.717) is 6.42 Å². The zero-order valence-electron chi connectivity index (χ0n) is 11.6. The van der Waals surface area contributed by atoms with Crippen LogP contribution in [0, 0.1) is 11.6 Å². The number of carbonyl (C=O) groups is 1. The third-order valence-electron chi connectivity index (χ3n) is 2.72. The normalized spacial score (nSPS) is 11.7. The number of sulfonamides is 1. The van der Waals surface area contributed by atoms with E-state index in [1.807, 2.05) is 0 Å². The topological polar surface area (TPSA) is 89.7 Å². The van der Waals surface area contributed by atoms with Gasteiger partial charge in [0.1, 0.15) is 22.9 Å². The fraction of sp³-hybridized carbons (Fsp3) is 0.417. The summed E-state index contributed by atoms with van der Waals surface area (Å²) in [4.78, 5) is 10.5. The van der Waals surface area contributed by atoms with E-state index < -0.39 is 44.8 Å². The molecule has 9 heteroatoms. The fourth-order valence-electron chi connectivity index (χ4n) is 1.63. The van der Waals surface area contributed by atoms with Gasteiger partial charge in [-0.1, -0.05) is 6.92 Å². The molecule has 0 saturated heterocycles. The SMILES string of the molecule is CCCN(CC(=O)OC)S(=O)(=O)c1ccc(F)c(N)c1F. The van der Waals surface area contributed by atoms with Gasteiger partial charge in [-0.15, -0.1) is 0 Å². The van der Waals surface area contributed by atoms with E-state index >= 15 is 0 Å². The quantitative estimate of drug-likeness (QED) is 0.626. The monoisotopic (exact) mass is 322 g/mol. The summed E-state index contributed by atoms with van der Waals surface area (Å²) >= 11 is 0. The molecule has 0 aromatic heterocycles. The number of nitrogens with zero attached hydrogens (tertiary/aromatic N) is 1. The molecule has 0 saturated carbocycles. The first kappa shape index (κ1) is 17.3. The molecule has 0 radical (unpaired) electrons. The van der Waals surface area contributed by atoms with Crippen molar-refractivity contribution >= 4 is 21.7 Å². The maximum absolute atomic E-state index is 13.9. The second kappa shape index (κ2) is 6.81. The maximum Gasteiger partial charge on any atom is 0.321 e. The lowest BCUT2D eigenvalue weighted by Gasteiger charge is -2.21. The number of esters is 1. The Morgan fingerprint density at radius 2 is 2.00 bits per heavy atom. The van der Waals surface area contributed by atoms with Gasteiger partial charge in [-0.3, -0.25) is 4.79 Å². The highest BCUT2D eigenvalue weighted by Crippen LogP contribution is 2.25. The molecule has 6 nitrogen and oxygen atoms in total. The van der Waals surface area contributed by atoms with Crippen LogP contribution in [0.1, 0.15) is 13.3 Å². The van der Waals surface area contributed by atoms with Crippen molar-refractivity contribution in [1.29, 1.82) is 0 Å². The van der Waals surface area contributed by atoms with Crippen molar-refractivity contribution < 1.29 is 26.7 Å². The van der Waals surface area contributed by atoms with E-state index in [9.17, 15) is 22.0 Å². The van der Waals surface area contributed by atoms with Crippen LogP contribution in [-0.2, 0) is 19.6 Å². The molecule has 0 unspecified atom stereocenters. The summed E-state index contributed by atoms with van der Waals surface area (Å²) in [7, 11) is -3.22. The molecule has 0 atom stereocenters. The first-order valence-electron chi connectivity index (χ1n) is 6.06. The first-order chi connectivity index (χ1) is 9.75. The summed E-state index contributed by atoms with van der Waals surface area (Å²) in [5.74, 6) is -3.22. The Kier molecular flexibility index (Phi) is 5.62. The molecule has 0 aliphatic rings. The van der Waals surface area contributed by atoms with E-state index in [0.717, 1.165) is 23.5 Å². The molecule has 2 N–H and O–H groups in total. The zero-order chi connectivity index (χ0) is 16.2. The molecule has 1 aromatic carbocycles. The molecule has 0 amide bonds. The Hall–Kier alpha value is -1.74. The summed E-state index contributed by atoms with van der Waals surface area (Å²) in [6, 6.07) is 1.53. The molecular weight excluding hydrogens is 306 g/mol. The van der Waals surface area contributed by atoms with E-state index in [2.05, 4.69) is 4.74 Å². The third kappa shape index (κ3) is 3.67. The van der Waals surface area contributed by atoms with Crippen LogP contribution in [0.4, 0.5) is 14.5 Å². The highest BCUT2D eigenvalue weighted by atomic mass is 32.2. The molecule has 0 heterocycles. The number of rotatable bonds is 6. The average molecular weight is 322 g/mol. The highest BCUT2D eigenvalue weighted by molar-refractivity contribution is 7.89. The number of nitrogen functional groups attached to an aromatic ring is 1. The molecule has 0 bridgehead atoms. The summed E-state index contributed by atoms with van der Waals surface area (Å²) in [5, 5.41) is 0. The van der Waals surface area contributed by atoms with Crippen molar-refractivity contribution in [2.45, 2.75) is 18.2 Å². The predicted octanol–water partition coefficient (Wildman–Crippen LogP) is 1.12. The predicted molar refractivity (Wildman–Crippen MR) is 71.8 cm³/mol. The number of halogens is 2. The third-order valence-corrected chi connectivity index (χ3v) is 4.58. The minimum absolute atomic E-state index is 0.0197. The number of benzene rings is 1. The number of nitrogens with two attached hydrogens (primary N) is 1. The Labute approximate surface area is 121 Å². The van der Waals surface area contributed by atoms with Crippen molar-refractivity contribution in [3.8, 4) is 0 Å². The van der Waals surface area contributed by atoms with Gasteiger partial charge in [0.2, 0.25) is 10.0 Å². The number of hydrogen-bond donors (Lipinski definition) is 1. The van der Waals surface area contributed by atoms with E-state index in [-0.39, 0.29) is 6.54 Å². The van der Waals surface area contributed by atoms with Crippen LogP contribution in [0.15, 0.2) is 17.0 Å². The lowest BCUT2D eigenvalue weighted by atomic mass is 10.3. The number of ether oxygens (including phenoxy) is 1. The summed E-state index contributed by atoms with van der Waals surface area (Å²) in [6.45, 7) is 1.10. The van der Waals surface area contributed by atoms with Crippen LogP contribution >= 0.6 is 0 Å². The van der Waals surface area contributed by atoms with Crippen LogP contribution in [0.2, 0.25) is 0 Å². The molecule has 0 aliphatic carbocycles. The average Bonchev–Trinajstić information content (AvgIpc) is 2.43. The van der Waals surface area contributed by atoms with Gasteiger partial charge in [0, 0.05) is 6.54 Å². The fourth-order valence-corrected chi connectivity index (χ4v) is 3.18. The molecule has 0 aliphatic heterocycles. The minimum Gasteiger partial charge on any atom is -0.468 e. The van der Waals surface area contributed by atoms with Gasteiger partial charge in [-0.25, -0.2) is 17.2 Å². The smallest absolute Gasteiger partial charge is 0.321 e. The van der Waals surface area contributed by atoms with Crippen LogP contribution in [0.25, 0.3) is 0 Å². The number of hydrogen-bond acceptors (Lipinski definition) is 5. The Balaban J connectivity index is 3.29. The van der Waals surface area contributed by atoms with E-state index in [1.165, 1.54) is 0 Å². The summed E-state index contributed by atoms with van der Waals surface area (Å²) in [5.41, 5.74) is 4.27. The van der Waals surface area contributed by atoms with Gasteiger partial charge in [0.25, 0.3) is 0 Å². The van der Waals surface area contributed by atoms with Gasteiger partial charge in [-0.2, -0.15) is 4.31 Å². The largest absolute Gasteiger partial charge is 0.468 e. The van der Waals surface area contributed by atoms with Gasteiger partial charge in [0.15, 0.2) is 5.82 Å². The van der Waals surface area contributed by atoms with Crippen LogP contribution in [0.5, 0.6) is 0 Å². The van der Waals surface area contributed by atoms with Crippen molar-refractivity contribution in [3.63, 3.8) is 0 Å². The Bertz CT molecular complexity index is 634. The van der Waals surface area contributed by atoms with Crippen molar-refractivity contribution in [2.75, 3.05) is 25.9 Å². The summed E-state index contributed by atoms with van der Waals surface area (Å²) in [6.07, 6.45) is 0.397. The number of methoxy groups -OCH3 is 1. The zero-order valence-corrected chi connectivity index (χ0v) is 12.4. The molecular formula is C12H16F2N2O4S. The molecule has 0 fully saturated rings. The second-order valence-electron chi connectivity index (χ2n) is 4.19. The lowest BCUT2D eigenvalue weighted by molar-refractivity contribution is -0.140. The maximum atomic E-state index is 13.9. The van der Waals surface area contributed by atoms with Crippen molar-refractivity contribution in [2.24, 2.45) is 0 Å². The number of carbonyl (C=O) groups excluding carboxylic acids is 1. The van der Waals surface area contributed by atoms with Gasteiger partial charge in [0.05, 0.1) is 7.11 Å². The minimum atomic E-state index is -4.33. The van der Waals surface area contributed by atoms with Crippen molar-refractivity contribution in [1.82, 2.24) is 4.31 Å². The van der Waals surface area contributed by atoms with E-state index in [1.54, 1.807) is 6.92 Å². The Morgan fingerprint density at radius 1 is 1.38 bits per heavy atom. The van der Waals surface area contributed by atoms with Crippen LogP contribution in [-0.4, -0.2) is 38.9 Å². The van der Waals surface area contributed by atoms with Gasteiger partial charge in [-0.05, 0) is 18.6 Å². The second-order valence-corrected chi connectivity index (χ2v) is 6.09. The van der Waals surface area contributed by atoms with Crippen LogP contribution in [0.3, 0.4) is 0 Å². The molecule has 0 spiro atoms. The van der Waals surface area contributed by atoms with E-state index in [4.69, 9.17) is 5.73 Å². The molecule has 118 valence electrons. The van der Waals surface area contributed by atoms with Crippen LogP contribution < -0.4 is 5.73 Å².